The number of benzene rings is 2. The van der Waals surface area contributed by atoms with Crippen LogP contribution >= 0.6 is 0 Å². The van der Waals surface area contributed by atoms with E-state index >= 15 is 0 Å². The smallest absolute Gasteiger partial charge is 0.272 e. The van der Waals surface area contributed by atoms with Gasteiger partial charge in [-0.15, -0.1) is 4.83 Å². The number of hydrazine groups is 1. The van der Waals surface area contributed by atoms with E-state index in [-0.39, 0.29) is 17.4 Å². The van der Waals surface area contributed by atoms with Crippen molar-refractivity contribution in [3.05, 3.63) is 58.7 Å². The first-order chi connectivity index (χ1) is 12.6. The topological polar surface area (TPSA) is 84.5 Å². The fourth-order valence-electron chi connectivity index (χ4n) is 2.49. The lowest BCUT2D eigenvalue weighted by atomic mass is 10.0. The first kappa shape index (κ1) is 20.9. The number of carbonyl (C=O) groups excluding carboxylic acids is 1. The molecule has 0 unspecified atom stereocenters. The highest BCUT2D eigenvalue weighted by molar-refractivity contribution is 7.89. The molecule has 0 atom stereocenters. The van der Waals surface area contributed by atoms with Gasteiger partial charge in [0.1, 0.15) is 5.75 Å². The summed E-state index contributed by atoms with van der Waals surface area (Å²) in [4.78, 5) is 14.2. The zero-order valence-corrected chi connectivity index (χ0v) is 17.1. The highest BCUT2D eigenvalue weighted by Crippen LogP contribution is 2.27. The lowest BCUT2D eigenvalue weighted by Crippen LogP contribution is -2.43. The van der Waals surface area contributed by atoms with Crippen molar-refractivity contribution < 1.29 is 17.9 Å². The normalized spacial score (nSPS) is 11.5. The predicted molar refractivity (Wildman–Crippen MR) is 105 cm³/mol. The molecule has 0 heterocycles. The van der Waals surface area contributed by atoms with Crippen molar-refractivity contribution in [2.75, 3.05) is 6.61 Å². The van der Waals surface area contributed by atoms with Gasteiger partial charge in [-0.25, -0.2) is 8.42 Å². The van der Waals surface area contributed by atoms with Gasteiger partial charge in [0.15, 0.2) is 6.61 Å². The maximum absolute atomic E-state index is 12.3. The van der Waals surface area contributed by atoms with Gasteiger partial charge < -0.3 is 4.74 Å². The number of nitrogens with one attached hydrogen (secondary N) is 2. The number of amides is 1. The molecule has 0 aliphatic rings. The average molecular weight is 391 g/mol. The van der Waals surface area contributed by atoms with E-state index in [1.165, 1.54) is 6.07 Å². The molecule has 1 amide bonds. The van der Waals surface area contributed by atoms with Crippen molar-refractivity contribution >= 4 is 15.9 Å². The van der Waals surface area contributed by atoms with Gasteiger partial charge >= 0.3 is 0 Å². The molecule has 27 heavy (non-hydrogen) atoms. The summed E-state index contributed by atoms with van der Waals surface area (Å²) in [5.74, 6) is 0.280. The van der Waals surface area contributed by atoms with Crippen molar-refractivity contribution in [3.63, 3.8) is 0 Å². The summed E-state index contributed by atoms with van der Waals surface area (Å²) in [6.07, 6.45) is 0. The Bertz CT molecular complexity index is 937. The summed E-state index contributed by atoms with van der Waals surface area (Å²) in [7, 11) is -3.84. The third kappa shape index (κ3) is 5.55. The van der Waals surface area contributed by atoms with E-state index in [1.54, 1.807) is 12.1 Å². The van der Waals surface area contributed by atoms with Gasteiger partial charge in [0, 0.05) is 0 Å². The van der Waals surface area contributed by atoms with Crippen molar-refractivity contribution in [1.29, 1.82) is 0 Å². The predicted octanol–water partition coefficient (Wildman–Crippen LogP) is 3.12. The average Bonchev–Trinajstić information content (AvgIpc) is 2.60. The number of carbonyl (C=O) groups is 1. The summed E-state index contributed by atoms with van der Waals surface area (Å²) < 4.78 is 30.2. The maximum atomic E-state index is 12.3. The maximum Gasteiger partial charge on any atom is 0.272 e. The molecule has 2 aromatic rings. The Labute approximate surface area is 161 Å². The molecule has 0 aliphatic heterocycles. The lowest BCUT2D eigenvalue weighted by molar-refractivity contribution is -0.123. The Morgan fingerprint density at radius 2 is 1.74 bits per heavy atom. The van der Waals surface area contributed by atoms with E-state index in [0.717, 1.165) is 22.3 Å². The molecule has 0 radical (unpaired) electrons. The third-order valence-electron chi connectivity index (χ3n) is 4.26. The van der Waals surface area contributed by atoms with Crippen LogP contribution in [0.15, 0.2) is 41.3 Å². The summed E-state index contributed by atoms with van der Waals surface area (Å²) >= 11 is 0. The first-order valence-electron chi connectivity index (χ1n) is 8.71. The van der Waals surface area contributed by atoms with Gasteiger partial charge in [0.25, 0.3) is 15.9 Å². The van der Waals surface area contributed by atoms with Crippen LogP contribution in [0.2, 0.25) is 0 Å². The molecule has 0 bridgehead atoms. The minimum absolute atomic E-state index is 0.0904. The van der Waals surface area contributed by atoms with Gasteiger partial charge in [-0.1, -0.05) is 32.0 Å². The molecule has 0 aliphatic carbocycles. The van der Waals surface area contributed by atoms with Crippen molar-refractivity contribution in [1.82, 2.24) is 10.3 Å². The summed E-state index contributed by atoms with van der Waals surface area (Å²) in [5.41, 5.74) is 6.04. The number of sulfonamides is 1. The monoisotopic (exact) mass is 390 g/mol. The number of ether oxygens (including phenoxy) is 1. The minimum Gasteiger partial charge on any atom is -0.483 e. The van der Waals surface area contributed by atoms with E-state index in [9.17, 15) is 13.2 Å². The molecule has 146 valence electrons. The van der Waals surface area contributed by atoms with E-state index < -0.39 is 15.9 Å². The quantitative estimate of drug-likeness (QED) is 0.712. The molecule has 2 aromatic carbocycles. The molecular formula is C20H26N2O4S. The minimum atomic E-state index is -3.84. The van der Waals surface area contributed by atoms with E-state index in [2.05, 4.69) is 10.3 Å². The molecule has 0 aromatic heterocycles. The van der Waals surface area contributed by atoms with Gasteiger partial charge in [0.2, 0.25) is 0 Å². The second kappa shape index (κ2) is 8.54. The van der Waals surface area contributed by atoms with Crippen LogP contribution in [0.4, 0.5) is 0 Å². The molecule has 0 spiro atoms. The molecule has 2 N–H and O–H groups in total. The standard InChI is InChI=1S/C20H26N2O4S/c1-13(2)18-9-6-14(3)10-19(18)26-12-20(23)21-22-27(24,25)17-8-7-15(4)16(5)11-17/h6-11,13,22H,12H2,1-5H3,(H,21,23). The highest BCUT2D eigenvalue weighted by Gasteiger charge is 2.16. The van der Waals surface area contributed by atoms with E-state index in [1.807, 2.05) is 52.8 Å². The molecule has 2 rings (SSSR count). The summed E-state index contributed by atoms with van der Waals surface area (Å²) in [6, 6.07) is 10.6. The van der Waals surface area contributed by atoms with Gasteiger partial charge in [-0.3, -0.25) is 10.2 Å². The highest BCUT2D eigenvalue weighted by atomic mass is 32.2. The van der Waals surface area contributed by atoms with E-state index in [4.69, 9.17) is 4.74 Å². The van der Waals surface area contributed by atoms with Gasteiger partial charge in [-0.2, -0.15) is 0 Å². The van der Waals surface area contributed by atoms with Gasteiger partial charge in [0.05, 0.1) is 4.90 Å². The van der Waals surface area contributed by atoms with Crippen molar-refractivity contribution in [2.45, 2.75) is 45.4 Å². The van der Waals surface area contributed by atoms with E-state index in [0.29, 0.717) is 5.75 Å². The van der Waals surface area contributed by atoms with Crippen LogP contribution in [-0.4, -0.2) is 20.9 Å². The number of hydrogen-bond donors (Lipinski definition) is 2. The number of aryl methyl sites for hydroxylation is 3. The van der Waals surface area contributed by atoms with Gasteiger partial charge in [-0.05, 0) is 67.1 Å². The Morgan fingerprint density at radius 3 is 2.37 bits per heavy atom. The number of hydrogen-bond acceptors (Lipinski definition) is 4. The fourth-order valence-corrected chi connectivity index (χ4v) is 3.43. The zero-order valence-electron chi connectivity index (χ0n) is 16.3. The van der Waals surface area contributed by atoms with Crippen LogP contribution < -0.4 is 15.0 Å². The largest absolute Gasteiger partial charge is 0.483 e. The fraction of sp³-hybridized carbons (Fsp3) is 0.350. The zero-order chi connectivity index (χ0) is 20.2. The Kier molecular flexibility index (Phi) is 6.62. The molecule has 0 fully saturated rings. The molecule has 0 saturated carbocycles. The molecule has 0 saturated heterocycles. The first-order valence-corrected chi connectivity index (χ1v) is 10.2. The van der Waals surface area contributed by atoms with Crippen LogP contribution in [0, 0.1) is 20.8 Å². The lowest BCUT2D eigenvalue weighted by Gasteiger charge is -2.15. The summed E-state index contributed by atoms with van der Waals surface area (Å²) in [5, 5.41) is 0. The van der Waals surface area contributed by atoms with Crippen LogP contribution in [-0.2, 0) is 14.8 Å². The second-order valence-corrected chi connectivity index (χ2v) is 8.57. The van der Waals surface area contributed by atoms with Crippen LogP contribution in [0.1, 0.15) is 42.0 Å². The van der Waals surface area contributed by atoms with Crippen LogP contribution in [0.5, 0.6) is 5.75 Å². The van der Waals surface area contributed by atoms with Crippen LogP contribution in [0.3, 0.4) is 0 Å². The Balaban J connectivity index is 1.98. The van der Waals surface area contributed by atoms with Crippen molar-refractivity contribution in [3.8, 4) is 5.75 Å². The summed E-state index contributed by atoms with van der Waals surface area (Å²) in [6.45, 7) is 9.45. The Morgan fingerprint density at radius 1 is 1.04 bits per heavy atom. The third-order valence-corrected chi connectivity index (χ3v) is 5.51. The molecule has 6 nitrogen and oxygen atoms in total. The number of rotatable bonds is 7. The molecular weight excluding hydrogens is 364 g/mol. The molecule has 7 heteroatoms. The van der Waals surface area contributed by atoms with Crippen LogP contribution in [0.25, 0.3) is 0 Å². The Hall–Kier alpha value is -2.38. The van der Waals surface area contributed by atoms with Crippen molar-refractivity contribution in [2.24, 2.45) is 0 Å². The SMILES string of the molecule is Cc1ccc(C(C)C)c(OCC(=O)NNS(=O)(=O)c2ccc(C)c(C)c2)c1. The second-order valence-electron chi connectivity index (χ2n) is 6.88.